The fourth-order valence-electron chi connectivity index (χ4n) is 3.30. The zero-order valence-electron chi connectivity index (χ0n) is 12.6. The summed E-state index contributed by atoms with van der Waals surface area (Å²) in [5, 5.41) is 0. The minimum Gasteiger partial charge on any atom is -0.468 e. The minimum absolute atomic E-state index is 0.00509. The van der Waals surface area contributed by atoms with Gasteiger partial charge in [-0.15, -0.1) is 0 Å². The molecule has 3 unspecified atom stereocenters. The molecule has 0 aromatic carbocycles. The van der Waals surface area contributed by atoms with Gasteiger partial charge in [0.1, 0.15) is 0 Å². The molecule has 7 heteroatoms. The van der Waals surface area contributed by atoms with Crippen LogP contribution in [0.15, 0.2) is 0 Å². The van der Waals surface area contributed by atoms with Gasteiger partial charge < -0.3 is 4.74 Å². The molecule has 0 saturated heterocycles. The third-order valence-corrected chi connectivity index (χ3v) is 4.04. The first-order chi connectivity index (χ1) is 9.42. The number of carbonyl (C=O) groups excluding carboxylic acids is 1. The summed E-state index contributed by atoms with van der Waals surface area (Å²) < 4.78 is 70.8. The molecule has 0 amide bonds. The van der Waals surface area contributed by atoms with Crippen LogP contribution in [0.2, 0.25) is 0 Å². The molecule has 2 aliphatic carbocycles. The van der Waals surface area contributed by atoms with Crippen LogP contribution in [0.25, 0.3) is 0 Å². The van der Waals surface area contributed by atoms with E-state index in [1.54, 1.807) is 0 Å². The van der Waals surface area contributed by atoms with E-state index in [1.807, 2.05) is 0 Å². The Bertz CT molecular complexity index is 389. The summed E-state index contributed by atoms with van der Waals surface area (Å²) >= 11 is 0. The Morgan fingerprint density at radius 3 is 1.86 bits per heavy atom. The van der Waals surface area contributed by atoms with Gasteiger partial charge in [-0.2, -0.15) is 13.2 Å². The number of halogens is 5. The molecule has 2 fully saturated rings. The topological polar surface area (TPSA) is 26.3 Å². The number of ether oxygens (including phenoxy) is 1. The van der Waals surface area contributed by atoms with E-state index in [9.17, 15) is 26.7 Å². The third-order valence-electron chi connectivity index (χ3n) is 4.04. The molecule has 0 heterocycles. The molecule has 0 aliphatic heterocycles. The first kappa shape index (κ1) is 18.2. The molecule has 2 bridgehead atoms. The smallest absolute Gasteiger partial charge is 0.411 e. The van der Waals surface area contributed by atoms with Gasteiger partial charge in [0.25, 0.3) is 5.92 Å². The van der Waals surface area contributed by atoms with E-state index in [1.165, 1.54) is 0 Å². The molecule has 124 valence electrons. The number of carbonyl (C=O) groups is 1. The fraction of sp³-hybridized carbons (Fsp3) is 0.929. The van der Waals surface area contributed by atoms with Crippen molar-refractivity contribution in [1.29, 1.82) is 0 Å². The number of alkyl halides is 5. The number of hydrogen-bond donors (Lipinski definition) is 0. The van der Waals surface area contributed by atoms with Crippen molar-refractivity contribution in [2.24, 2.45) is 23.2 Å². The maximum Gasteiger partial charge on any atom is 0.411 e. The number of hydrogen-bond acceptors (Lipinski definition) is 2. The van der Waals surface area contributed by atoms with Crippen LogP contribution in [0.1, 0.15) is 40.0 Å². The number of fused-ring (bicyclic) bond motifs is 2. The van der Waals surface area contributed by atoms with Crippen LogP contribution >= 0.6 is 0 Å². The second-order valence-electron chi connectivity index (χ2n) is 6.36. The summed E-state index contributed by atoms with van der Waals surface area (Å²) in [6.07, 6.45) is -5.52. The van der Waals surface area contributed by atoms with E-state index < -0.39 is 35.3 Å². The summed E-state index contributed by atoms with van der Waals surface area (Å²) in [7, 11) is 0.706. The lowest BCUT2D eigenvalue weighted by molar-refractivity contribution is -0.309. The average molecular weight is 316 g/mol. The quantitative estimate of drug-likeness (QED) is 0.528. The highest BCUT2D eigenvalue weighted by Gasteiger charge is 2.84. The van der Waals surface area contributed by atoms with E-state index in [-0.39, 0.29) is 19.3 Å². The van der Waals surface area contributed by atoms with Crippen molar-refractivity contribution in [2.75, 3.05) is 7.11 Å². The SMILES string of the molecule is CC(C)C.COC(=O)C1(C(F)(F)F)C2CCC(C2)C1(F)F. The van der Waals surface area contributed by atoms with Crippen LogP contribution in [0.5, 0.6) is 0 Å². The van der Waals surface area contributed by atoms with Gasteiger partial charge in [-0.05, 0) is 31.1 Å². The molecule has 0 radical (unpaired) electrons. The lowest BCUT2D eigenvalue weighted by Gasteiger charge is -2.41. The minimum atomic E-state index is -5.29. The zero-order valence-corrected chi connectivity index (χ0v) is 12.6. The Labute approximate surface area is 121 Å². The van der Waals surface area contributed by atoms with Crippen molar-refractivity contribution in [3.05, 3.63) is 0 Å². The van der Waals surface area contributed by atoms with E-state index in [4.69, 9.17) is 0 Å². The standard InChI is InChI=1S/C10H11F5O2.C4H10/c1-17-7(16)8(10(13,14)15)5-2-3-6(4-5)9(8,11)12;1-4(2)3/h5-6H,2-4H2,1H3;4H,1-3H3. The Hall–Kier alpha value is -0.880. The number of methoxy groups -OCH3 is 1. The normalized spacial score (nSPS) is 33.6. The molecule has 21 heavy (non-hydrogen) atoms. The molecule has 3 atom stereocenters. The van der Waals surface area contributed by atoms with Crippen molar-refractivity contribution in [3.8, 4) is 0 Å². The molecule has 2 nitrogen and oxygen atoms in total. The predicted octanol–water partition coefficient (Wildman–Crippen LogP) is 4.44. The first-order valence-electron chi connectivity index (χ1n) is 6.95. The number of rotatable bonds is 1. The highest BCUT2D eigenvalue weighted by Crippen LogP contribution is 2.69. The van der Waals surface area contributed by atoms with Crippen molar-refractivity contribution >= 4 is 5.97 Å². The monoisotopic (exact) mass is 316 g/mol. The maximum absolute atomic E-state index is 13.9. The summed E-state index contributed by atoms with van der Waals surface area (Å²) in [4.78, 5) is 11.4. The van der Waals surface area contributed by atoms with Crippen LogP contribution in [0.4, 0.5) is 22.0 Å². The van der Waals surface area contributed by atoms with Gasteiger partial charge in [0.05, 0.1) is 7.11 Å². The van der Waals surface area contributed by atoms with E-state index in [2.05, 4.69) is 25.5 Å². The Morgan fingerprint density at radius 2 is 1.57 bits per heavy atom. The van der Waals surface area contributed by atoms with Crippen molar-refractivity contribution in [3.63, 3.8) is 0 Å². The number of esters is 1. The van der Waals surface area contributed by atoms with Crippen LogP contribution in [0, 0.1) is 23.2 Å². The van der Waals surface area contributed by atoms with Crippen LogP contribution in [-0.4, -0.2) is 25.2 Å². The van der Waals surface area contributed by atoms with Gasteiger partial charge in [0.15, 0.2) is 0 Å². The van der Waals surface area contributed by atoms with Crippen LogP contribution < -0.4 is 0 Å². The second-order valence-corrected chi connectivity index (χ2v) is 6.36. The summed E-state index contributed by atoms with van der Waals surface area (Å²) in [6, 6.07) is 0. The lowest BCUT2D eigenvalue weighted by atomic mass is 9.69. The molecule has 2 saturated carbocycles. The Morgan fingerprint density at radius 1 is 1.14 bits per heavy atom. The van der Waals surface area contributed by atoms with Crippen LogP contribution in [-0.2, 0) is 9.53 Å². The molecular formula is C14H21F5O2. The molecular weight excluding hydrogens is 295 g/mol. The molecule has 0 aromatic rings. The van der Waals surface area contributed by atoms with E-state index in [0.717, 1.165) is 5.92 Å². The summed E-state index contributed by atoms with van der Waals surface area (Å²) in [6.45, 7) is 6.50. The van der Waals surface area contributed by atoms with E-state index >= 15 is 0 Å². The first-order valence-corrected chi connectivity index (χ1v) is 6.95. The zero-order chi connectivity index (χ0) is 16.6. The van der Waals surface area contributed by atoms with Crippen molar-refractivity contribution < 1.29 is 31.5 Å². The third kappa shape index (κ3) is 2.63. The Kier molecular flexibility index (Phi) is 4.95. The molecule has 2 aliphatic rings. The molecule has 2 rings (SSSR count). The maximum atomic E-state index is 13.9. The largest absolute Gasteiger partial charge is 0.468 e. The fourth-order valence-corrected chi connectivity index (χ4v) is 3.30. The van der Waals surface area contributed by atoms with Gasteiger partial charge in [0, 0.05) is 5.92 Å². The lowest BCUT2D eigenvalue weighted by Crippen LogP contribution is -2.61. The van der Waals surface area contributed by atoms with Crippen LogP contribution in [0.3, 0.4) is 0 Å². The molecule has 0 spiro atoms. The summed E-state index contributed by atoms with van der Waals surface area (Å²) in [5.41, 5.74) is -3.64. The van der Waals surface area contributed by atoms with Crippen molar-refractivity contribution in [1.82, 2.24) is 0 Å². The predicted molar refractivity (Wildman–Crippen MR) is 66.8 cm³/mol. The van der Waals surface area contributed by atoms with Gasteiger partial charge in [0.2, 0.25) is 5.41 Å². The highest BCUT2D eigenvalue weighted by molar-refractivity contribution is 5.80. The van der Waals surface area contributed by atoms with Gasteiger partial charge >= 0.3 is 12.1 Å². The molecule has 0 N–H and O–H groups in total. The van der Waals surface area contributed by atoms with Gasteiger partial charge in [-0.3, -0.25) is 4.79 Å². The summed E-state index contributed by atoms with van der Waals surface area (Å²) in [5.74, 6) is -7.83. The van der Waals surface area contributed by atoms with Gasteiger partial charge in [-0.25, -0.2) is 8.78 Å². The Balaban J connectivity index is 0.000000491. The molecule has 0 aromatic heterocycles. The second kappa shape index (κ2) is 5.72. The van der Waals surface area contributed by atoms with Crippen molar-refractivity contribution in [2.45, 2.75) is 52.1 Å². The highest BCUT2D eigenvalue weighted by atomic mass is 19.4. The van der Waals surface area contributed by atoms with E-state index in [0.29, 0.717) is 7.11 Å². The average Bonchev–Trinajstić information content (AvgIpc) is 2.83. The van der Waals surface area contributed by atoms with Gasteiger partial charge in [-0.1, -0.05) is 20.8 Å².